The number of rotatable bonds is 4. The molecule has 3 rings (SSSR count). The number of carbonyl (C=O) groups excluding carboxylic acids is 1. The second-order valence-corrected chi connectivity index (χ2v) is 6.85. The zero-order valence-corrected chi connectivity index (χ0v) is 15.3. The van der Waals surface area contributed by atoms with E-state index in [2.05, 4.69) is 15.3 Å². The van der Waals surface area contributed by atoms with Crippen LogP contribution in [0, 0.1) is 11.3 Å². The molecule has 134 valence electrons. The van der Waals surface area contributed by atoms with Crippen LogP contribution in [-0.2, 0) is 0 Å². The quantitative estimate of drug-likeness (QED) is 0.857. The van der Waals surface area contributed by atoms with E-state index in [1.165, 1.54) is 12.4 Å². The van der Waals surface area contributed by atoms with Crippen molar-refractivity contribution in [2.45, 2.75) is 37.8 Å². The summed E-state index contributed by atoms with van der Waals surface area (Å²) >= 11 is 11.9. The number of ether oxygens (including phenoxy) is 1. The van der Waals surface area contributed by atoms with Crippen LogP contribution in [0.5, 0.6) is 5.88 Å². The van der Waals surface area contributed by atoms with Gasteiger partial charge in [-0.3, -0.25) is 4.79 Å². The Morgan fingerprint density at radius 1 is 1.19 bits per heavy atom. The lowest BCUT2D eigenvalue weighted by Gasteiger charge is -2.29. The lowest BCUT2D eigenvalue weighted by Crippen LogP contribution is -2.39. The molecule has 0 aliphatic heterocycles. The highest BCUT2D eigenvalue weighted by Gasteiger charge is 2.25. The Balaban J connectivity index is 1.54. The molecular formula is C18H16Cl2N4O2. The minimum absolute atomic E-state index is 0.0476. The monoisotopic (exact) mass is 390 g/mol. The third-order valence-electron chi connectivity index (χ3n) is 4.23. The van der Waals surface area contributed by atoms with E-state index in [9.17, 15) is 4.79 Å². The highest BCUT2D eigenvalue weighted by atomic mass is 35.5. The Morgan fingerprint density at radius 2 is 1.92 bits per heavy atom. The van der Waals surface area contributed by atoms with Gasteiger partial charge in [0.25, 0.3) is 11.8 Å². The van der Waals surface area contributed by atoms with Gasteiger partial charge in [0.2, 0.25) is 5.69 Å². The fourth-order valence-corrected chi connectivity index (χ4v) is 3.40. The smallest absolute Gasteiger partial charge is 0.253 e. The molecule has 1 aromatic carbocycles. The SMILES string of the molecule is N#Cc1nccnc1OC1CCC(NC(=O)c2ccc(Cl)cc2Cl)CC1. The molecule has 6 nitrogen and oxygen atoms in total. The van der Waals surface area contributed by atoms with Crippen molar-refractivity contribution in [1.29, 1.82) is 5.26 Å². The molecule has 1 amide bonds. The normalized spacial score (nSPS) is 19.4. The van der Waals surface area contributed by atoms with E-state index < -0.39 is 0 Å². The Morgan fingerprint density at radius 3 is 2.62 bits per heavy atom. The molecule has 26 heavy (non-hydrogen) atoms. The maximum atomic E-state index is 12.4. The first kappa shape index (κ1) is 18.4. The number of nitrogens with one attached hydrogen (secondary N) is 1. The summed E-state index contributed by atoms with van der Waals surface area (Å²) in [6, 6.07) is 6.83. The first-order valence-electron chi connectivity index (χ1n) is 8.20. The highest BCUT2D eigenvalue weighted by Crippen LogP contribution is 2.25. The minimum Gasteiger partial charge on any atom is -0.472 e. The molecular weight excluding hydrogens is 375 g/mol. The van der Waals surface area contributed by atoms with Gasteiger partial charge in [-0.1, -0.05) is 23.2 Å². The Labute approximate surface area is 161 Å². The number of carbonyl (C=O) groups is 1. The van der Waals surface area contributed by atoms with Crippen LogP contribution in [0.4, 0.5) is 0 Å². The average molecular weight is 391 g/mol. The predicted molar refractivity (Wildman–Crippen MR) is 97.3 cm³/mol. The van der Waals surface area contributed by atoms with Crippen molar-refractivity contribution in [2.75, 3.05) is 0 Å². The van der Waals surface area contributed by atoms with Crippen LogP contribution in [0.3, 0.4) is 0 Å². The van der Waals surface area contributed by atoms with Crippen molar-refractivity contribution in [3.05, 3.63) is 51.9 Å². The summed E-state index contributed by atoms with van der Waals surface area (Å²) < 4.78 is 5.80. The van der Waals surface area contributed by atoms with Crippen molar-refractivity contribution in [2.24, 2.45) is 0 Å². The minimum atomic E-state index is -0.211. The number of aromatic nitrogens is 2. The van der Waals surface area contributed by atoms with Crippen LogP contribution in [0.25, 0.3) is 0 Å². The van der Waals surface area contributed by atoms with Crippen molar-refractivity contribution in [1.82, 2.24) is 15.3 Å². The molecule has 0 atom stereocenters. The van der Waals surface area contributed by atoms with E-state index in [0.29, 0.717) is 15.6 Å². The first-order valence-corrected chi connectivity index (χ1v) is 8.96. The topological polar surface area (TPSA) is 87.9 Å². The number of hydrogen-bond acceptors (Lipinski definition) is 5. The number of nitrogens with zero attached hydrogens (tertiary/aromatic N) is 3. The van der Waals surface area contributed by atoms with Gasteiger partial charge in [0.05, 0.1) is 10.6 Å². The first-order chi connectivity index (χ1) is 12.6. The Kier molecular flexibility index (Phi) is 5.92. The molecule has 1 N–H and O–H groups in total. The van der Waals surface area contributed by atoms with Gasteiger partial charge >= 0.3 is 0 Å². The Bertz CT molecular complexity index is 845. The van der Waals surface area contributed by atoms with Gasteiger partial charge in [-0.2, -0.15) is 5.26 Å². The molecule has 0 spiro atoms. The second-order valence-electron chi connectivity index (χ2n) is 6.01. The molecule has 0 bridgehead atoms. The molecule has 0 unspecified atom stereocenters. The van der Waals surface area contributed by atoms with Crippen LogP contribution >= 0.6 is 23.2 Å². The summed E-state index contributed by atoms with van der Waals surface area (Å²) in [5, 5.41) is 12.9. The third kappa shape index (κ3) is 4.43. The van der Waals surface area contributed by atoms with Crippen molar-refractivity contribution >= 4 is 29.1 Å². The van der Waals surface area contributed by atoms with E-state index in [-0.39, 0.29) is 29.6 Å². The molecule has 1 fully saturated rings. The van der Waals surface area contributed by atoms with Crippen LogP contribution in [0.2, 0.25) is 10.0 Å². The van der Waals surface area contributed by atoms with Crippen LogP contribution < -0.4 is 10.1 Å². The molecule has 0 saturated heterocycles. The van der Waals surface area contributed by atoms with Gasteiger partial charge in [-0.25, -0.2) is 9.97 Å². The van der Waals surface area contributed by atoms with Gasteiger partial charge < -0.3 is 10.1 Å². The summed E-state index contributed by atoms with van der Waals surface area (Å²) in [7, 11) is 0. The molecule has 8 heteroatoms. The van der Waals surface area contributed by atoms with Gasteiger partial charge in [-0.05, 0) is 43.9 Å². The predicted octanol–water partition coefficient (Wildman–Crippen LogP) is 3.78. The maximum Gasteiger partial charge on any atom is 0.253 e. The van der Waals surface area contributed by atoms with Crippen LogP contribution in [0.1, 0.15) is 41.7 Å². The fraction of sp³-hybridized carbons (Fsp3) is 0.333. The molecule has 1 aliphatic carbocycles. The van der Waals surface area contributed by atoms with Crippen LogP contribution in [-0.4, -0.2) is 28.0 Å². The van der Waals surface area contributed by atoms with Gasteiger partial charge in [0.1, 0.15) is 12.2 Å². The zero-order valence-electron chi connectivity index (χ0n) is 13.8. The van der Waals surface area contributed by atoms with Gasteiger partial charge in [0, 0.05) is 23.5 Å². The maximum absolute atomic E-state index is 12.4. The van der Waals surface area contributed by atoms with Crippen molar-refractivity contribution < 1.29 is 9.53 Å². The lowest BCUT2D eigenvalue weighted by molar-refractivity contribution is 0.0889. The zero-order chi connectivity index (χ0) is 18.5. The van der Waals surface area contributed by atoms with E-state index in [1.54, 1.807) is 18.2 Å². The molecule has 0 radical (unpaired) electrons. The summed E-state index contributed by atoms with van der Waals surface area (Å²) in [5.41, 5.74) is 0.591. The van der Waals surface area contributed by atoms with Crippen LogP contribution in [0.15, 0.2) is 30.6 Å². The standard InChI is InChI=1S/C18H16Cl2N4O2/c19-11-1-6-14(15(20)9-11)17(25)24-12-2-4-13(5-3-12)26-18-16(10-21)22-7-8-23-18/h1,6-9,12-13H,2-5H2,(H,24,25). The van der Waals surface area contributed by atoms with E-state index in [0.717, 1.165) is 25.7 Å². The van der Waals surface area contributed by atoms with Gasteiger partial charge in [-0.15, -0.1) is 0 Å². The Hall–Kier alpha value is -2.36. The summed E-state index contributed by atoms with van der Waals surface area (Å²) in [6.07, 6.45) is 5.94. The van der Waals surface area contributed by atoms with Crippen molar-refractivity contribution in [3.63, 3.8) is 0 Å². The molecule has 1 aromatic heterocycles. The number of benzene rings is 1. The third-order valence-corrected chi connectivity index (χ3v) is 4.78. The molecule has 1 saturated carbocycles. The summed E-state index contributed by atoms with van der Waals surface area (Å²) in [5.74, 6) is 0.0483. The summed E-state index contributed by atoms with van der Waals surface area (Å²) in [4.78, 5) is 20.4. The number of nitriles is 1. The van der Waals surface area contributed by atoms with Gasteiger partial charge in [0.15, 0.2) is 0 Å². The summed E-state index contributed by atoms with van der Waals surface area (Å²) in [6.45, 7) is 0. The molecule has 1 aliphatic rings. The largest absolute Gasteiger partial charge is 0.472 e. The van der Waals surface area contributed by atoms with E-state index in [4.69, 9.17) is 33.2 Å². The number of hydrogen-bond donors (Lipinski definition) is 1. The van der Waals surface area contributed by atoms with E-state index >= 15 is 0 Å². The second kappa shape index (κ2) is 8.35. The number of halogens is 2. The lowest BCUT2D eigenvalue weighted by atomic mass is 9.92. The molecule has 1 heterocycles. The average Bonchev–Trinajstić information content (AvgIpc) is 2.63. The van der Waals surface area contributed by atoms with E-state index in [1.807, 2.05) is 6.07 Å². The fourth-order valence-electron chi connectivity index (χ4n) is 2.91. The number of amides is 1. The molecule has 2 aromatic rings. The highest BCUT2D eigenvalue weighted by molar-refractivity contribution is 6.36. The van der Waals surface area contributed by atoms with Crippen molar-refractivity contribution in [3.8, 4) is 11.9 Å².